The van der Waals surface area contributed by atoms with Crippen LogP contribution in [0.1, 0.15) is 33.0 Å². The predicted molar refractivity (Wildman–Crippen MR) is 106 cm³/mol. The average molecular weight is 450 g/mol. The first-order valence-corrected chi connectivity index (χ1v) is 9.39. The van der Waals surface area contributed by atoms with Crippen molar-refractivity contribution in [3.05, 3.63) is 69.9 Å². The van der Waals surface area contributed by atoms with Crippen molar-refractivity contribution in [3.63, 3.8) is 0 Å². The van der Waals surface area contributed by atoms with E-state index in [9.17, 15) is 18.0 Å². The van der Waals surface area contributed by atoms with Gasteiger partial charge in [0.05, 0.1) is 6.54 Å². The van der Waals surface area contributed by atoms with Crippen LogP contribution in [-0.4, -0.2) is 35.3 Å². The number of nitrogens with one attached hydrogen (secondary N) is 1. The van der Waals surface area contributed by atoms with Gasteiger partial charge in [0.15, 0.2) is 11.3 Å². The second kappa shape index (κ2) is 7.65. The van der Waals surface area contributed by atoms with E-state index in [2.05, 4.69) is 25.5 Å². The molecule has 0 spiro atoms. The van der Waals surface area contributed by atoms with Gasteiger partial charge in [0.2, 0.25) is 5.95 Å². The summed E-state index contributed by atoms with van der Waals surface area (Å²) in [7, 11) is 0. The first kappa shape index (κ1) is 20.8. The molecule has 3 aromatic heterocycles. The van der Waals surface area contributed by atoms with Crippen LogP contribution in [0.15, 0.2) is 36.7 Å². The van der Waals surface area contributed by atoms with Crippen LogP contribution in [0, 0.1) is 13.8 Å². The summed E-state index contributed by atoms with van der Waals surface area (Å²) >= 11 is 6.12. The fraction of sp³-hybridized carbons (Fsp3) is 0.211. The zero-order valence-corrected chi connectivity index (χ0v) is 17.0. The van der Waals surface area contributed by atoms with Crippen LogP contribution in [0.25, 0.3) is 5.65 Å². The zero-order valence-electron chi connectivity index (χ0n) is 16.3. The fourth-order valence-corrected chi connectivity index (χ4v) is 3.18. The largest absolute Gasteiger partial charge is 0.433 e. The molecule has 0 saturated heterocycles. The Labute approximate surface area is 178 Å². The monoisotopic (exact) mass is 449 g/mol. The number of anilines is 1. The Morgan fingerprint density at radius 1 is 1.16 bits per heavy atom. The van der Waals surface area contributed by atoms with Gasteiger partial charge in [-0.2, -0.15) is 18.3 Å². The Balaban J connectivity index is 1.58. The minimum Gasteiger partial charge on any atom is -0.288 e. The second-order valence-corrected chi connectivity index (χ2v) is 7.26. The number of hydrogen-bond acceptors (Lipinski definition) is 5. The number of rotatable bonds is 4. The molecule has 1 aromatic carbocycles. The summed E-state index contributed by atoms with van der Waals surface area (Å²) in [5.41, 5.74) is 0.426. The van der Waals surface area contributed by atoms with E-state index in [1.807, 2.05) is 31.2 Å². The van der Waals surface area contributed by atoms with Crippen molar-refractivity contribution in [2.45, 2.75) is 26.6 Å². The van der Waals surface area contributed by atoms with E-state index >= 15 is 0 Å². The molecule has 160 valence electrons. The fourth-order valence-electron chi connectivity index (χ4n) is 2.93. The van der Waals surface area contributed by atoms with Gasteiger partial charge in [-0.15, -0.1) is 5.10 Å². The highest BCUT2D eigenvalue weighted by Gasteiger charge is 2.36. The molecule has 8 nitrogen and oxygen atoms in total. The summed E-state index contributed by atoms with van der Waals surface area (Å²) in [4.78, 5) is 20.6. The Hall–Kier alpha value is -3.47. The summed E-state index contributed by atoms with van der Waals surface area (Å²) < 4.78 is 42.0. The van der Waals surface area contributed by atoms with Crippen molar-refractivity contribution in [2.75, 3.05) is 5.32 Å². The number of fused-ring (bicyclic) bond motifs is 1. The van der Waals surface area contributed by atoms with Gasteiger partial charge in [-0.3, -0.25) is 10.1 Å². The quantitative estimate of drug-likeness (QED) is 0.510. The molecule has 0 saturated carbocycles. The molecule has 0 radical (unpaired) electrons. The van der Waals surface area contributed by atoms with Crippen molar-refractivity contribution < 1.29 is 18.0 Å². The molecular formula is C19H15ClF3N7O. The maximum atomic E-state index is 13.3. The Kier molecular flexibility index (Phi) is 5.13. The molecule has 12 heteroatoms. The Morgan fingerprint density at radius 3 is 2.55 bits per heavy atom. The molecule has 0 unspecified atom stereocenters. The Bertz CT molecular complexity index is 1280. The third-order valence-corrected chi connectivity index (χ3v) is 4.74. The van der Waals surface area contributed by atoms with Crippen LogP contribution in [-0.2, 0) is 12.7 Å². The van der Waals surface area contributed by atoms with Crippen LogP contribution < -0.4 is 5.32 Å². The van der Waals surface area contributed by atoms with E-state index in [4.69, 9.17) is 11.6 Å². The molecule has 0 aliphatic carbocycles. The second-order valence-electron chi connectivity index (χ2n) is 6.88. The van der Waals surface area contributed by atoms with Gasteiger partial charge < -0.3 is 0 Å². The number of benzene rings is 1. The molecule has 0 bridgehead atoms. The number of amides is 1. The summed E-state index contributed by atoms with van der Waals surface area (Å²) in [6.07, 6.45) is -3.28. The molecule has 0 atom stereocenters. The number of aromatic nitrogens is 6. The van der Waals surface area contributed by atoms with Gasteiger partial charge in [0.25, 0.3) is 5.91 Å². The third-order valence-electron chi connectivity index (χ3n) is 4.39. The van der Waals surface area contributed by atoms with Crippen LogP contribution in [0.2, 0.25) is 5.02 Å². The molecule has 31 heavy (non-hydrogen) atoms. The highest BCUT2D eigenvalue weighted by Crippen LogP contribution is 2.32. The van der Waals surface area contributed by atoms with E-state index in [-0.39, 0.29) is 22.3 Å². The number of halogens is 4. The molecule has 1 N–H and O–H groups in total. The minimum absolute atomic E-state index is 0.0366. The van der Waals surface area contributed by atoms with Crippen molar-refractivity contribution in [2.24, 2.45) is 0 Å². The molecule has 4 rings (SSSR count). The number of alkyl halides is 3. The lowest BCUT2D eigenvalue weighted by atomic mass is 10.1. The van der Waals surface area contributed by atoms with Crippen molar-refractivity contribution in [1.82, 2.24) is 29.4 Å². The van der Waals surface area contributed by atoms with Gasteiger partial charge >= 0.3 is 6.18 Å². The predicted octanol–water partition coefficient (Wildman–Crippen LogP) is 3.91. The molecule has 0 aliphatic heterocycles. The summed E-state index contributed by atoms with van der Waals surface area (Å²) in [5, 5.41) is 9.97. The van der Waals surface area contributed by atoms with Crippen LogP contribution in [0.5, 0.6) is 0 Å². The summed E-state index contributed by atoms with van der Waals surface area (Å²) in [6.45, 7) is 3.80. The number of nitrogens with zero attached hydrogens (tertiary/aromatic N) is 6. The minimum atomic E-state index is -4.70. The lowest BCUT2D eigenvalue weighted by Crippen LogP contribution is -2.16. The lowest BCUT2D eigenvalue weighted by molar-refractivity contribution is -0.142. The van der Waals surface area contributed by atoms with Gasteiger partial charge in [0, 0.05) is 5.69 Å². The third kappa shape index (κ3) is 4.22. The highest BCUT2D eigenvalue weighted by atomic mass is 35.5. The first-order chi connectivity index (χ1) is 14.6. The SMILES string of the molecule is Cc1ccc(Cn2cnc(NC(=O)c3nn4c(C(F)(F)F)cc(C)nc4c3Cl)n2)cc1. The standard InChI is InChI=1S/C19H15ClF3N7O/c1-10-3-5-12(6-4-10)8-29-9-24-18(28-29)26-17(31)15-14(20)16-25-11(2)7-13(19(21,22)23)30(16)27-15/h3-7,9H,8H2,1-2H3,(H,26,28,31). The van der Waals surface area contributed by atoms with Crippen molar-refractivity contribution >= 4 is 29.1 Å². The molecular weight excluding hydrogens is 435 g/mol. The summed E-state index contributed by atoms with van der Waals surface area (Å²) in [5.74, 6) is -0.889. The van der Waals surface area contributed by atoms with Crippen LogP contribution >= 0.6 is 11.6 Å². The lowest BCUT2D eigenvalue weighted by Gasteiger charge is -2.09. The van der Waals surface area contributed by atoms with E-state index in [1.165, 1.54) is 17.9 Å². The number of aryl methyl sites for hydroxylation is 2. The summed E-state index contributed by atoms with van der Waals surface area (Å²) in [6, 6.07) is 8.64. The van der Waals surface area contributed by atoms with Gasteiger partial charge in [-0.25, -0.2) is 19.2 Å². The average Bonchev–Trinajstić information content (AvgIpc) is 3.27. The van der Waals surface area contributed by atoms with E-state index in [1.54, 1.807) is 0 Å². The van der Waals surface area contributed by atoms with Gasteiger partial charge in [-0.1, -0.05) is 41.4 Å². The zero-order chi connectivity index (χ0) is 22.3. The molecule has 0 aliphatic rings. The van der Waals surface area contributed by atoms with Gasteiger partial charge in [-0.05, 0) is 25.5 Å². The number of carbonyl (C=O) groups excluding carboxylic acids is 1. The van der Waals surface area contributed by atoms with E-state index in [0.717, 1.165) is 17.2 Å². The van der Waals surface area contributed by atoms with Crippen molar-refractivity contribution in [3.8, 4) is 0 Å². The Morgan fingerprint density at radius 2 is 1.87 bits per heavy atom. The van der Waals surface area contributed by atoms with E-state index < -0.39 is 23.5 Å². The molecule has 4 aromatic rings. The van der Waals surface area contributed by atoms with Crippen molar-refractivity contribution in [1.29, 1.82) is 0 Å². The normalized spacial score (nSPS) is 11.8. The maximum absolute atomic E-state index is 13.3. The number of carbonyl (C=O) groups is 1. The van der Waals surface area contributed by atoms with Gasteiger partial charge in [0.1, 0.15) is 17.0 Å². The molecule has 1 amide bonds. The number of hydrogen-bond donors (Lipinski definition) is 1. The maximum Gasteiger partial charge on any atom is 0.433 e. The highest BCUT2D eigenvalue weighted by molar-refractivity contribution is 6.37. The smallest absolute Gasteiger partial charge is 0.288 e. The molecule has 3 heterocycles. The van der Waals surface area contributed by atoms with Crippen LogP contribution in [0.3, 0.4) is 0 Å². The van der Waals surface area contributed by atoms with Crippen LogP contribution in [0.4, 0.5) is 19.1 Å². The first-order valence-electron chi connectivity index (χ1n) is 9.01. The molecule has 0 fully saturated rings. The van der Waals surface area contributed by atoms with E-state index in [0.29, 0.717) is 11.1 Å². The topological polar surface area (TPSA) is 90.0 Å².